The van der Waals surface area contributed by atoms with Crippen LogP contribution in [-0.2, 0) is 38.2 Å². The van der Waals surface area contributed by atoms with E-state index in [1.165, 1.54) is 44.1 Å². The van der Waals surface area contributed by atoms with Gasteiger partial charge in [0.15, 0.2) is 0 Å². The van der Waals surface area contributed by atoms with Gasteiger partial charge >= 0.3 is 0 Å². The molecule has 6 aliphatic rings. The van der Waals surface area contributed by atoms with Gasteiger partial charge in [-0.05, 0) is 185 Å². The Morgan fingerprint density at radius 2 is 1.50 bits per heavy atom. The van der Waals surface area contributed by atoms with Crippen LogP contribution in [-0.4, -0.2) is 130 Å². The number of amides is 3. The Bertz CT molecular complexity index is 2050. The summed E-state index contributed by atoms with van der Waals surface area (Å²) in [6.07, 6.45) is 14.8. The van der Waals surface area contributed by atoms with E-state index in [-0.39, 0.29) is 92.8 Å². The number of hydrogen-bond acceptors (Lipinski definition) is 9. The number of nitrogens with zero attached hydrogens (tertiary/aromatic N) is 3. The molecule has 1 saturated heterocycles. The second-order valence-electron chi connectivity index (χ2n) is 28.5. The number of ether oxygens (including phenoxy) is 3. The third-order valence-electron chi connectivity index (χ3n) is 23.8. The minimum absolute atomic E-state index is 0.00167. The number of likely N-dealkylation sites (tertiary alicyclic amines) is 1. The minimum atomic E-state index is -0.748. The van der Waals surface area contributed by atoms with Gasteiger partial charge in [-0.15, -0.1) is 0 Å². The Morgan fingerprint density at radius 1 is 0.816 bits per heavy atom. The van der Waals surface area contributed by atoms with E-state index in [1.54, 1.807) is 26.2 Å². The lowest BCUT2D eigenvalue weighted by Crippen LogP contribution is -2.66. The normalized spacial score (nSPS) is 35.6. The molecule has 0 aromatic heterocycles. The molecule has 1 N–H and O–H groups in total. The Balaban J connectivity index is 1.15. The largest absolute Gasteiger partial charge is 0.468 e. The zero-order valence-electron chi connectivity index (χ0n) is 51.4. The number of hydrogen-bond donors (Lipinski definition) is 1. The number of allylic oxidation sites excluding steroid dienone is 1. The van der Waals surface area contributed by atoms with Crippen molar-refractivity contribution >= 4 is 30.0 Å². The lowest BCUT2D eigenvalue weighted by Gasteiger charge is -2.73. The van der Waals surface area contributed by atoms with Gasteiger partial charge in [0, 0.05) is 40.2 Å². The quantitative estimate of drug-likeness (QED) is 0.0740. The van der Waals surface area contributed by atoms with Crippen molar-refractivity contribution in [3.63, 3.8) is 0 Å². The molecule has 5 saturated carbocycles. The Labute approximate surface area is 462 Å². The molecule has 76 heavy (non-hydrogen) atoms. The van der Waals surface area contributed by atoms with Gasteiger partial charge in [0.05, 0.1) is 43.4 Å². The molecule has 12 heteroatoms. The van der Waals surface area contributed by atoms with Crippen LogP contribution in [0.3, 0.4) is 0 Å². The molecule has 0 radical (unpaired) electrons. The molecule has 1 aliphatic heterocycles. The van der Waals surface area contributed by atoms with Gasteiger partial charge in [-0.3, -0.25) is 28.9 Å². The van der Waals surface area contributed by atoms with E-state index in [1.807, 2.05) is 58.5 Å². The summed E-state index contributed by atoms with van der Waals surface area (Å²) in [5.41, 5.74) is 2.20. The van der Waals surface area contributed by atoms with Crippen molar-refractivity contribution in [2.45, 2.75) is 229 Å². The third kappa shape index (κ3) is 11.3. The number of ketones is 1. The molecule has 1 heterocycles. The molecule has 7 unspecified atom stereocenters. The molecule has 434 valence electrons. The van der Waals surface area contributed by atoms with Crippen molar-refractivity contribution in [2.24, 2.45) is 86.3 Å². The Kier molecular flexibility index (Phi) is 20.1. The fourth-order valence-electron chi connectivity index (χ4n) is 19.3. The van der Waals surface area contributed by atoms with Gasteiger partial charge in [-0.25, -0.2) is 0 Å². The number of fused-ring (bicyclic) bond motifs is 7. The van der Waals surface area contributed by atoms with Crippen molar-refractivity contribution in [3.05, 3.63) is 12.2 Å². The van der Waals surface area contributed by atoms with Crippen LogP contribution >= 0.6 is 0 Å². The topological polar surface area (TPSA) is 135 Å². The SMILES string of the molecule is C=C(C)C1CC[C@]2(CCC(=O)[C@H](C)[C@@H](OC)C3CCCN3C(=O)C[C@@H](OC)[C@H]([C@@H](C)CC)N(C)C(=O)C(NC(=O)[C@H](C(C)C)N(C)C)C(C)C)CC[C@]3(C)C(CCC4[C@@]5(C)CC[C@H](COC=O)C(C)(C)C5CC[C@]43C)C12. The highest BCUT2D eigenvalue weighted by Crippen LogP contribution is 2.78. The van der Waals surface area contributed by atoms with Crippen molar-refractivity contribution < 1.29 is 38.2 Å². The van der Waals surface area contributed by atoms with Gasteiger partial charge in [-0.2, -0.15) is 0 Å². The third-order valence-corrected chi connectivity index (χ3v) is 23.8. The lowest BCUT2D eigenvalue weighted by atomic mass is 9.32. The average Bonchev–Trinajstić information content (AvgIpc) is 4.04. The maximum atomic E-state index is 14.8. The molecule has 6 fully saturated rings. The zero-order chi connectivity index (χ0) is 56.6. The van der Waals surface area contributed by atoms with Crippen LogP contribution in [0.2, 0.25) is 0 Å². The molecular formula is C64H110N4O8. The van der Waals surface area contributed by atoms with Crippen LogP contribution in [0.5, 0.6) is 0 Å². The maximum Gasteiger partial charge on any atom is 0.293 e. The van der Waals surface area contributed by atoms with Crippen LogP contribution in [0.4, 0.5) is 0 Å². The van der Waals surface area contributed by atoms with Crippen molar-refractivity contribution in [2.75, 3.05) is 48.5 Å². The standard InChI is InChI=1S/C64H110N4O8/c1-20-42(8)56(67(17)59(73)54(40(4)5)65-58(72)55(41(6)7)66(15)16)49(74-18)36-52(71)68-35-21-22-47(68)57(75-19)43(9)48(70)27-32-64-31-26-45(39(2)3)53(64)46-23-24-51-61(12)29-25-44(37-76-38-69)60(10,11)50(61)28-30-63(51,14)62(46,13)33-34-64/h38,40-47,49-51,53-57H,2,20-37H2,1,3-19H3,(H,65,72)/t42-,43-,44+,45?,46?,47?,49+,50?,51?,53?,54?,55-,56-,57+,61-,62+,63+,64-/m0/s1. The van der Waals surface area contributed by atoms with Crippen molar-refractivity contribution in [1.82, 2.24) is 20.0 Å². The lowest BCUT2D eigenvalue weighted by molar-refractivity contribution is -0.244. The van der Waals surface area contributed by atoms with Crippen molar-refractivity contribution in [3.8, 4) is 0 Å². The molecule has 12 nitrogen and oxygen atoms in total. The number of Topliss-reactive ketones (excluding diaryl/α,β-unsaturated/α-hetero) is 1. The predicted octanol–water partition coefficient (Wildman–Crippen LogP) is 11.4. The van der Waals surface area contributed by atoms with Crippen LogP contribution in [0.15, 0.2) is 12.2 Å². The van der Waals surface area contributed by atoms with E-state index in [9.17, 15) is 24.0 Å². The molecule has 0 aromatic rings. The minimum Gasteiger partial charge on any atom is -0.468 e. The van der Waals surface area contributed by atoms with E-state index >= 15 is 0 Å². The molecule has 3 amide bonds. The second-order valence-corrected chi connectivity index (χ2v) is 28.5. The van der Waals surface area contributed by atoms with E-state index in [4.69, 9.17) is 14.2 Å². The van der Waals surface area contributed by atoms with Crippen LogP contribution < -0.4 is 5.32 Å². The summed E-state index contributed by atoms with van der Waals surface area (Å²) in [4.78, 5) is 74.5. The molecule has 0 spiro atoms. The van der Waals surface area contributed by atoms with Gasteiger partial charge < -0.3 is 29.3 Å². The van der Waals surface area contributed by atoms with Gasteiger partial charge in [0.25, 0.3) is 6.47 Å². The Morgan fingerprint density at radius 3 is 2.08 bits per heavy atom. The number of rotatable bonds is 24. The molecule has 6 rings (SSSR count). The first-order chi connectivity index (χ1) is 35.6. The Hall–Kier alpha value is -2.83. The first-order valence-corrected chi connectivity index (χ1v) is 30.4. The summed E-state index contributed by atoms with van der Waals surface area (Å²) in [7, 11) is 8.87. The zero-order valence-corrected chi connectivity index (χ0v) is 51.4. The first-order valence-electron chi connectivity index (χ1n) is 30.4. The predicted molar refractivity (Wildman–Crippen MR) is 304 cm³/mol. The summed E-state index contributed by atoms with van der Waals surface area (Å²) in [6, 6.07) is -1.81. The second kappa shape index (κ2) is 24.5. The highest BCUT2D eigenvalue weighted by molar-refractivity contribution is 5.90. The van der Waals surface area contributed by atoms with E-state index < -0.39 is 24.3 Å². The first kappa shape index (κ1) is 62.4. The van der Waals surface area contributed by atoms with E-state index in [0.29, 0.717) is 61.6 Å². The van der Waals surface area contributed by atoms with Crippen LogP contribution in [0.25, 0.3) is 0 Å². The van der Waals surface area contributed by atoms with Crippen LogP contribution in [0.1, 0.15) is 193 Å². The average molecular weight is 1060 g/mol. The van der Waals surface area contributed by atoms with Gasteiger partial charge in [0.1, 0.15) is 11.8 Å². The molecule has 0 aromatic carbocycles. The fraction of sp³-hybridized carbons (Fsp3) is 0.891. The summed E-state index contributed by atoms with van der Waals surface area (Å²) < 4.78 is 17.9. The number of nitrogens with one attached hydrogen (secondary N) is 1. The smallest absolute Gasteiger partial charge is 0.293 e. The fourth-order valence-corrected chi connectivity index (χ4v) is 19.3. The van der Waals surface area contributed by atoms with Crippen LogP contribution in [0, 0.1) is 86.3 Å². The maximum absolute atomic E-state index is 14.8. The highest BCUT2D eigenvalue weighted by atomic mass is 16.5. The van der Waals surface area contributed by atoms with Gasteiger partial charge in [0.2, 0.25) is 17.7 Å². The summed E-state index contributed by atoms with van der Waals surface area (Å²) in [5.74, 6) is 2.53. The number of carbonyl (C=O) groups excluding carboxylic acids is 5. The monoisotopic (exact) mass is 1060 g/mol. The molecule has 18 atom stereocenters. The molecule has 5 aliphatic carbocycles. The van der Waals surface area contributed by atoms with E-state index in [0.717, 1.165) is 51.4 Å². The number of likely N-dealkylation sites (N-methyl/N-ethyl adjacent to an activating group) is 2. The van der Waals surface area contributed by atoms with E-state index in [2.05, 4.69) is 67.3 Å². The summed E-state index contributed by atoms with van der Waals surface area (Å²) in [6.45, 7) is 35.8. The summed E-state index contributed by atoms with van der Waals surface area (Å²) >= 11 is 0. The van der Waals surface area contributed by atoms with Gasteiger partial charge in [-0.1, -0.05) is 102 Å². The molecule has 0 bridgehead atoms. The number of carbonyl (C=O) groups is 5. The highest BCUT2D eigenvalue weighted by Gasteiger charge is 2.71. The van der Waals surface area contributed by atoms with Crippen molar-refractivity contribution in [1.29, 1.82) is 0 Å². The summed E-state index contributed by atoms with van der Waals surface area (Å²) in [5, 5.41) is 3.10. The number of methoxy groups -OCH3 is 2. The molecular weight excluding hydrogens is 953 g/mol.